The second kappa shape index (κ2) is 6.82. The molecule has 146 valence electrons. The molecule has 0 spiro atoms. The average molecular weight is 436 g/mol. The number of hydrogen-bond donors (Lipinski definition) is 1. The van der Waals surface area contributed by atoms with Crippen LogP contribution in [-0.2, 0) is 0 Å². The van der Waals surface area contributed by atoms with Crippen molar-refractivity contribution in [2.24, 2.45) is 11.8 Å². The van der Waals surface area contributed by atoms with E-state index in [-0.39, 0.29) is 17.9 Å². The molecule has 10 heteroatoms. The van der Waals surface area contributed by atoms with E-state index in [1.165, 1.54) is 28.9 Å². The second-order valence-corrected chi connectivity index (χ2v) is 9.96. The largest absolute Gasteiger partial charge is 0.348 e. The molecule has 1 N–H and O–H groups in total. The Balaban J connectivity index is 1.29. The molecule has 3 unspecified atom stereocenters. The number of nitrogens with one attached hydrogen (secondary N) is 1. The molecule has 3 aromatic rings. The Morgan fingerprint density at radius 3 is 2.86 bits per heavy atom. The lowest BCUT2D eigenvalue weighted by atomic mass is 9.98. The van der Waals surface area contributed by atoms with E-state index in [4.69, 9.17) is 11.6 Å². The van der Waals surface area contributed by atoms with Crippen LogP contribution in [0.5, 0.6) is 0 Å². The lowest BCUT2D eigenvalue weighted by Gasteiger charge is -2.21. The van der Waals surface area contributed by atoms with Crippen molar-refractivity contribution in [2.45, 2.75) is 25.8 Å². The van der Waals surface area contributed by atoms with Crippen LogP contribution >= 0.6 is 34.3 Å². The fourth-order valence-electron chi connectivity index (χ4n) is 4.44. The van der Waals surface area contributed by atoms with Gasteiger partial charge in [-0.2, -0.15) is 0 Å². The summed E-state index contributed by atoms with van der Waals surface area (Å²) in [7, 11) is 0. The number of hydrogen-bond acceptors (Lipinski definition) is 6. The van der Waals surface area contributed by atoms with Crippen LogP contribution in [0.25, 0.3) is 4.96 Å². The SMILES string of the molecule is Cc1c(C(=O)N2CC3CCC(NC(=O)c4cnc(Cl)s4)C3C2)sc2nccn12. The second-order valence-electron chi connectivity index (χ2n) is 7.37. The Morgan fingerprint density at radius 2 is 2.11 bits per heavy atom. The van der Waals surface area contributed by atoms with Crippen molar-refractivity contribution in [2.75, 3.05) is 13.1 Å². The maximum Gasteiger partial charge on any atom is 0.265 e. The van der Waals surface area contributed by atoms with Crippen LogP contribution in [0, 0.1) is 18.8 Å². The number of likely N-dealkylation sites (tertiary alicyclic amines) is 1. The summed E-state index contributed by atoms with van der Waals surface area (Å²) in [5, 5.41) is 3.13. The molecule has 4 heterocycles. The Bertz CT molecular complexity index is 1070. The summed E-state index contributed by atoms with van der Waals surface area (Å²) < 4.78 is 2.32. The fraction of sp³-hybridized carbons (Fsp3) is 0.444. The van der Waals surface area contributed by atoms with Gasteiger partial charge in [-0.05, 0) is 25.7 Å². The minimum atomic E-state index is -0.129. The molecule has 0 aromatic carbocycles. The van der Waals surface area contributed by atoms with Crippen molar-refractivity contribution in [3.8, 4) is 0 Å². The van der Waals surface area contributed by atoms with Crippen molar-refractivity contribution in [1.29, 1.82) is 0 Å². The first kappa shape index (κ1) is 18.1. The maximum absolute atomic E-state index is 13.1. The van der Waals surface area contributed by atoms with Gasteiger partial charge in [0.15, 0.2) is 9.43 Å². The summed E-state index contributed by atoms with van der Waals surface area (Å²) in [6.07, 6.45) is 7.11. The first-order valence-corrected chi connectivity index (χ1v) is 11.2. The number of aryl methyl sites for hydroxylation is 1. The summed E-state index contributed by atoms with van der Waals surface area (Å²) in [6, 6.07) is 0.0814. The number of fused-ring (bicyclic) bond motifs is 2. The molecule has 3 atom stereocenters. The molecular formula is C18H18ClN5O2S2. The molecule has 28 heavy (non-hydrogen) atoms. The number of rotatable bonds is 3. The molecule has 1 saturated heterocycles. The number of aromatic nitrogens is 3. The van der Waals surface area contributed by atoms with E-state index in [1.54, 1.807) is 6.20 Å². The summed E-state index contributed by atoms with van der Waals surface area (Å²) in [5.74, 6) is 0.668. The quantitative estimate of drug-likeness (QED) is 0.685. The molecule has 2 fully saturated rings. The first-order chi connectivity index (χ1) is 13.5. The van der Waals surface area contributed by atoms with Crippen LogP contribution in [0.2, 0.25) is 4.47 Å². The van der Waals surface area contributed by atoms with Gasteiger partial charge in [0, 0.05) is 43.1 Å². The van der Waals surface area contributed by atoms with E-state index in [0.717, 1.165) is 34.9 Å². The highest BCUT2D eigenvalue weighted by Gasteiger charge is 2.45. The zero-order chi connectivity index (χ0) is 19.4. The molecule has 1 saturated carbocycles. The van der Waals surface area contributed by atoms with Gasteiger partial charge < -0.3 is 10.2 Å². The highest BCUT2D eigenvalue weighted by molar-refractivity contribution is 7.19. The smallest absolute Gasteiger partial charge is 0.265 e. The normalized spacial score (nSPS) is 24.1. The molecule has 3 aromatic heterocycles. The average Bonchev–Trinajstić information content (AvgIpc) is 3.44. The van der Waals surface area contributed by atoms with Crippen molar-refractivity contribution < 1.29 is 9.59 Å². The van der Waals surface area contributed by atoms with Crippen molar-refractivity contribution >= 4 is 51.0 Å². The van der Waals surface area contributed by atoms with E-state index in [1.807, 2.05) is 22.4 Å². The standard InChI is InChI=1S/C18H18ClN5O2S2/c1-9-14(28-18-20-4-5-24(9)18)16(26)23-7-10-2-3-12(11(10)8-23)22-15(25)13-6-21-17(19)27-13/h4-6,10-12H,2-3,7-8H2,1H3,(H,22,25). The van der Waals surface area contributed by atoms with Crippen molar-refractivity contribution in [3.05, 3.63) is 38.5 Å². The summed E-state index contributed by atoms with van der Waals surface area (Å²) >= 11 is 8.45. The van der Waals surface area contributed by atoms with E-state index in [9.17, 15) is 9.59 Å². The zero-order valence-electron chi connectivity index (χ0n) is 15.1. The Kier molecular flexibility index (Phi) is 4.41. The number of thiazole rings is 2. The first-order valence-electron chi connectivity index (χ1n) is 9.15. The minimum Gasteiger partial charge on any atom is -0.348 e. The molecule has 1 aliphatic heterocycles. The zero-order valence-corrected chi connectivity index (χ0v) is 17.5. The fourth-order valence-corrected chi connectivity index (χ4v) is 6.34. The van der Waals surface area contributed by atoms with Crippen LogP contribution in [0.4, 0.5) is 0 Å². The Hall–Kier alpha value is -1.97. The van der Waals surface area contributed by atoms with Gasteiger partial charge >= 0.3 is 0 Å². The van der Waals surface area contributed by atoms with Crippen LogP contribution in [0.1, 0.15) is 37.9 Å². The van der Waals surface area contributed by atoms with Crippen molar-refractivity contribution in [3.63, 3.8) is 0 Å². The predicted octanol–water partition coefficient (Wildman–Crippen LogP) is 3.09. The highest BCUT2D eigenvalue weighted by Crippen LogP contribution is 2.39. The van der Waals surface area contributed by atoms with Gasteiger partial charge in [-0.25, -0.2) is 9.97 Å². The van der Waals surface area contributed by atoms with Gasteiger partial charge in [-0.3, -0.25) is 14.0 Å². The van der Waals surface area contributed by atoms with Crippen LogP contribution in [-0.4, -0.2) is 50.2 Å². The third-order valence-electron chi connectivity index (χ3n) is 5.85. The monoisotopic (exact) mass is 435 g/mol. The Labute approximate surface area is 174 Å². The van der Waals surface area contributed by atoms with Gasteiger partial charge in [-0.15, -0.1) is 0 Å². The lowest BCUT2D eigenvalue weighted by molar-refractivity contribution is 0.0781. The number of carbonyl (C=O) groups is 2. The molecule has 0 radical (unpaired) electrons. The molecule has 5 rings (SSSR count). The van der Waals surface area contributed by atoms with E-state index in [0.29, 0.717) is 27.7 Å². The van der Waals surface area contributed by atoms with E-state index >= 15 is 0 Å². The number of imidazole rings is 1. The topological polar surface area (TPSA) is 79.6 Å². The molecule has 2 amide bonds. The van der Waals surface area contributed by atoms with Crippen molar-refractivity contribution in [1.82, 2.24) is 24.6 Å². The summed E-state index contributed by atoms with van der Waals surface area (Å²) in [4.78, 5) is 37.9. The van der Waals surface area contributed by atoms with Gasteiger partial charge in [0.25, 0.3) is 11.8 Å². The minimum absolute atomic E-state index is 0.0710. The molecule has 1 aliphatic carbocycles. The summed E-state index contributed by atoms with van der Waals surface area (Å²) in [6.45, 7) is 3.39. The van der Waals surface area contributed by atoms with Gasteiger partial charge in [0.1, 0.15) is 9.75 Å². The number of carbonyl (C=O) groups excluding carboxylic acids is 2. The molecule has 2 aliphatic rings. The van der Waals surface area contributed by atoms with Gasteiger partial charge in [0.2, 0.25) is 0 Å². The molecular weight excluding hydrogens is 418 g/mol. The third kappa shape index (κ3) is 2.92. The predicted molar refractivity (Wildman–Crippen MR) is 108 cm³/mol. The lowest BCUT2D eigenvalue weighted by Crippen LogP contribution is -2.40. The number of halogens is 1. The van der Waals surface area contributed by atoms with Gasteiger partial charge in [-0.1, -0.05) is 34.3 Å². The highest BCUT2D eigenvalue weighted by atomic mass is 35.5. The molecule has 7 nitrogen and oxygen atoms in total. The van der Waals surface area contributed by atoms with Crippen LogP contribution in [0.15, 0.2) is 18.6 Å². The molecule has 0 bridgehead atoms. The maximum atomic E-state index is 13.1. The third-order valence-corrected chi connectivity index (χ3v) is 8.12. The van der Waals surface area contributed by atoms with Crippen LogP contribution in [0.3, 0.4) is 0 Å². The van der Waals surface area contributed by atoms with E-state index in [2.05, 4.69) is 15.3 Å². The van der Waals surface area contributed by atoms with E-state index < -0.39 is 0 Å². The number of amides is 2. The summed E-state index contributed by atoms with van der Waals surface area (Å²) in [5.41, 5.74) is 0.937. The number of nitrogens with zero attached hydrogens (tertiary/aromatic N) is 4. The van der Waals surface area contributed by atoms with Gasteiger partial charge in [0.05, 0.1) is 6.20 Å². The van der Waals surface area contributed by atoms with Crippen LogP contribution < -0.4 is 5.32 Å². The Morgan fingerprint density at radius 1 is 1.25 bits per heavy atom.